The molecule has 7 heteroatoms. The van der Waals surface area contributed by atoms with Gasteiger partial charge in [-0.3, -0.25) is 14.4 Å². The highest BCUT2D eigenvalue weighted by Crippen LogP contribution is 2.16. The van der Waals surface area contributed by atoms with E-state index < -0.39 is 5.97 Å². The van der Waals surface area contributed by atoms with Crippen LogP contribution < -0.4 is 15.4 Å². The van der Waals surface area contributed by atoms with Gasteiger partial charge in [0.05, 0.1) is 6.42 Å². The van der Waals surface area contributed by atoms with Gasteiger partial charge in [-0.2, -0.15) is 11.3 Å². The van der Waals surface area contributed by atoms with E-state index in [-0.39, 0.29) is 24.8 Å². The Morgan fingerprint density at radius 2 is 1.87 bits per heavy atom. The predicted molar refractivity (Wildman–Crippen MR) is 87.6 cm³/mol. The normalized spacial score (nSPS) is 9.96. The summed E-state index contributed by atoms with van der Waals surface area (Å²) < 4.78 is 5.15. The fourth-order valence-electron chi connectivity index (χ4n) is 1.77. The van der Waals surface area contributed by atoms with E-state index in [4.69, 9.17) is 4.74 Å². The van der Waals surface area contributed by atoms with Crippen molar-refractivity contribution < 1.29 is 19.1 Å². The molecule has 0 fully saturated rings. The lowest BCUT2D eigenvalue weighted by Crippen LogP contribution is -2.26. The van der Waals surface area contributed by atoms with Crippen LogP contribution in [0.3, 0.4) is 0 Å². The van der Waals surface area contributed by atoms with Crippen LogP contribution in [0.5, 0.6) is 5.75 Å². The van der Waals surface area contributed by atoms with E-state index in [1.807, 2.05) is 5.38 Å². The number of amides is 2. The molecule has 0 spiro atoms. The van der Waals surface area contributed by atoms with Crippen molar-refractivity contribution in [2.24, 2.45) is 0 Å². The van der Waals surface area contributed by atoms with Crippen molar-refractivity contribution in [3.05, 3.63) is 46.7 Å². The van der Waals surface area contributed by atoms with Gasteiger partial charge < -0.3 is 15.4 Å². The van der Waals surface area contributed by atoms with Gasteiger partial charge in [0.2, 0.25) is 5.91 Å². The van der Waals surface area contributed by atoms with Gasteiger partial charge in [0.1, 0.15) is 5.75 Å². The molecule has 0 radical (unpaired) electrons. The third-order valence-electron chi connectivity index (χ3n) is 2.80. The molecule has 1 heterocycles. The van der Waals surface area contributed by atoms with Crippen molar-refractivity contribution in [2.75, 3.05) is 11.9 Å². The summed E-state index contributed by atoms with van der Waals surface area (Å²) in [6.45, 7) is 1.62. The number of thiophene rings is 1. The summed E-state index contributed by atoms with van der Waals surface area (Å²) in [5, 5.41) is 8.82. The Morgan fingerprint density at radius 1 is 1.13 bits per heavy atom. The molecular weight excluding hydrogens is 316 g/mol. The number of esters is 1. The molecule has 0 unspecified atom stereocenters. The van der Waals surface area contributed by atoms with Crippen LogP contribution in [0.15, 0.2) is 41.1 Å². The molecule has 2 aromatic rings. The maximum Gasteiger partial charge on any atom is 0.312 e. The van der Waals surface area contributed by atoms with Crippen LogP contribution in [-0.4, -0.2) is 24.3 Å². The molecule has 0 saturated heterocycles. The second kappa shape index (κ2) is 8.09. The topological polar surface area (TPSA) is 84.5 Å². The second-order valence-corrected chi connectivity index (χ2v) is 5.48. The summed E-state index contributed by atoms with van der Waals surface area (Å²) in [7, 11) is 0. The Balaban J connectivity index is 1.74. The van der Waals surface area contributed by atoms with Crippen molar-refractivity contribution >= 4 is 34.8 Å². The van der Waals surface area contributed by atoms with Crippen LogP contribution in [0.2, 0.25) is 0 Å². The van der Waals surface area contributed by atoms with Gasteiger partial charge in [0.15, 0.2) is 0 Å². The second-order valence-electron chi connectivity index (χ2n) is 4.70. The van der Waals surface area contributed by atoms with E-state index in [9.17, 15) is 14.4 Å². The highest BCUT2D eigenvalue weighted by molar-refractivity contribution is 7.08. The molecule has 6 nitrogen and oxygen atoms in total. The Hall–Kier alpha value is -2.67. The van der Waals surface area contributed by atoms with Crippen LogP contribution in [0.1, 0.15) is 23.7 Å². The summed E-state index contributed by atoms with van der Waals surface area (Å²) in [5.74, 6) is -0.439. The van der Waals surface area contributed by atoms with Crippen molar-refractivity contribution in [3.63, 3.8) is 0 Å². The zero-order valence-electron chi connectivity index (χ0n) is 12.5. The van der Waals surface area contributed by atoms with Crippen molar-refractivity contribution in [1.82, 2.24) is 5.32 Å². The molecule has 2 N–H and O–H groups in total. The minimum absolute atomic E-state index is 0.0727. The quantitative estimate of drug-likeness (QED) is 0.628. The van der Waals surface area contributed by atoms with Gasteiger partial charge in [-0.05, 0) is 35.7 Å². The number of rotatable bonds is 6. The maximum atomic E-state index is 11.7. The first-order valence-electron chi connectivity index (χ1n) is 6.93. The van der Waals surface area contributed by atoms with E-state index in [0.717, 1.165) is 0 Å². The van der Waals surface area contributed by atoms with Gasteiger partial charge in [0.25, 0.3) is 5.91 Å². The largest absolute Gasteiger partial charge is 0.426 e. The van der Waals surface area contributed by atoms with Crippen LogP contribution in [0.4, 0.5) is 5.69 Å². The Bertz CT molecular complexity index is 681. The molecule has 1 aromatic carbocycles. The molecular formula is C16H16N2O4S. The lowest BCUT2D eigenvalue weighted by molar-refractivity contribution is -0.134. The van der Waals surface area contributed by atoms with Gasteiger partial charge in [-0.15, -0.1) is 0 Å². The minimum atomic E-state index is -0.442. The molecule has 0 aliphatic carbocycles. The van der Waals surface area contributed by atoms with E-state index in [1.165, 1.54) is 18.3 Å². The van der Waals surface area contributed by atoms with E-state index in [2.05, 4.69) is 10.6 Å². The molecule has 0 atom stereocenters. The third kappa shape index (κ3) is 5.55. The lowest BCUT2D eigenvalue weighted by Gasteiger charge is -2.07. The van der Waals surface area contributed by atoms with Crippen LogP contribution in [0, 0.1) is 0 Å². The number of carbonyl (C=O) groups is 3. The number of hydrogen-bond donors (Lipinski definition) is 2. The van der Waals surface area contributed by atoms with E-state index >= 15 is 0 Å². The average Bonchev–Trinajstić information content (AvgIpc) is 3.03. The SMILES string of the molecule is CC(=O)Nc1ccc(OC(=O)CCNC(=O)c2ccsc2)cc1. The summed E-state index contributed by atoms with van der Waals surface area (Å²) >= 11 is 1.44. The number of benzene rings is 1. The number of carbonyl (C=O) groups excluding carboxylic acids is 3. The highest BCUT2D eigenvalue weighted by Gasteiger charge is 2.08. The monoisotopic (exact) mass is 332 g/mol. The molecule has 120 valence electrons. The Kier molecular flexibility index (Phi) is 5.87. The molecule has 2 rings (SSSR count). The first-order chi connectivity index (χ1) is 11.0. The molecule has 0 bridgehead atoms. The zero-order valence-corrected chi connectivity index (χ0v) is 13.3. The average molecular weight is 332 g/mol. The van der Waals surface area contributed by atoms with Gasteiger partial charge >= 0.3 is 5.97 Å². The zero-order chi connectivity index (χ0) is 16.7. The summed E-state index contributed by atoms with van der Waals surface area (Å²) in [5.41, 5.74) is 1.21. The summed E-state index contributed by atoms with van der Waals surface area (Å²) in [4.78, 5) is 34.3. The standard InChI is InChI=1S/C16H16N2O4S/c1-11(19)18-13-2-4-14(5-3-13)22-15(20)6-8-17-16(21)12-7-9-23-10-12/h2-5,7,9-10H,6,8H2,1H3,(H,17,21)(H,18,19). The predicted octanol–water partition coefficient (Wildman–Crippen LogP) is 2.43. The Morgan fingerprint density at radius 3 is 2.48 bits per heavy atom. The van der Waals surface area contributed by atoms with E-state index in [0.29, 0.717) is 17.0 Å². The summed E-state index contributed by atoms with van der Waals surface area (Å²) in [6, 6.07) is 8.18. The number of hydrogen-bond acceptors (Lipinski definition) is 5. The van der Waals surface area contributed by atoms with Gasteiger partial charge in [-0.25, -0.2) is 0 Å². The van der Waals surface area contributed by atoms with Crippen molar-refractivity contribution in [1.29, 1.82) is 0 Å². The molecule has 0 saturated carbocycles. The highest BCUT2D eigenvalue weighted by atomic mass is 32.1. The first kappa shape index (κ1) is 16.7. The smallest absolute Gasteiger partial charge is 0.312 e. The number of nitrogens with one attached hydrogen (secondary N) is 2. The lowest BCUT2D eigenvalue weighted by atomic mass is 10.3. The van der Waals surface area contributed by atoms with Crippen LogP contribution >= 0.6 is 11.3 Å². The molecule has 2 amide bonds. The molecule has 1 aromatic heterocycles. The Labute approximate surface area is 137 Å². The first-order valence-corrected chi connectivity index (χ1v) is 7.87. The number of anilines is 1. The maximum absolute atomic E-state index is 11.7. The van der Waals surface area contributed by atoms with Crippen LogP contribution in [0.25, 0.3) is 0 Å². The molecule has 0 aliphatic heterocycles. The van der Waals surface area contributed by atoms with Gasteiger partial charge in [0, 0.05) is 30.1 Å². The number of ether oxygens (including phenoxy) is 1. The van der Waals surface area contributed by atoms with Gasteiger partial charge in [-0.1, -0.05) is 0 Å². The fraction of sp³-hybridized carbons (Fsp3) is 0.188. The summed E-state index contributed by atoms with van der Waals surface area (Å²) in [6.07, 6.45) is 0.0727. The fourth-order valence-corrected chi connectivity index (χ4v) is 2.40. The van der Waals surface area contributed by atoms with Crippen LogP contribution in [-0.2, 0) is 9.59 Å². The van der Waals surface area contributed by atoms with E-state index in [1.54, 1.807) is 35.7 Å². The minimum Gasteiger partial charge on any atom is -0.426 e. The third-order valence-corrected chi connectivity index (χ3v) is 3.49. The molecule has 0 aliphatic rings. The van der Waals surface area contributed by atoms with Crippen molar-refractivity contribution in [2.45, 2.75) is 13.3 Å². The molecule has 23 heavy (non-hydrogen) atoms. The van der Waals surface area contributed by atoms with Crippen molar-refractivity contribution in [3.8, 4) is 5.75 Å².